The molecule has 0 bridgehead atoms. The average molecular weight is 524 g/mol. The third-order valence-corrected chi connectivity index (χ3v) is 8.02. The lowest BCUT2D eigenvalue weighted by Gasteiger charge is -2.28. The van der Waals surface area contributed by atoms with Crippen LogP contribution in [0.15, 0.2) is 84.9 Å². The minimum Gasteiger partial charge on any atom is -0.491 e. The lowest BCUT2D eigenvalue weighted by atomic mass is 9.93. The molecule has 5 rings (SSSR count). The SMILES string of the molecule is CCSC1=Cc2ccc(OC[C@H](O)CNC(C)(C)Cc3ccc4ccccc4c3)cc2Cc2ccccc21. The molecule has 4 aromatic carbocycles. The Balaban J connectivity index is 1.18. The first-order valence-corrected chi connectivity index (χ1v) is 14.5. The first kappa shape index (κ1) is 26.6. The maximum absolute atomic E-state index is 10.7. The molecule has 38 heavy (non-hydrogen) atoms. The maximum Gasteiger partial charge on any atom is 0.119 e. The van der Waals surface area contributed by atoms with Gasteiger partial charge in [-0.25, -0.2) is 0 Å². The van der Waals surface area contributed by atoms with Gasteiger partial charge in [0, 0.05) is 17.0 Å². The number of benzene rings is 4. The quantitative estimate of drug-likeness (QED) is 0.228. The minimum absolute atomic E-state index is 0.151. The standard InChI is InChI=1S/C34H37NO2S/c1-4-38-33-20-27-15-16-31(19-29(27)18-28-11-7-8-12-32(28)33)37-23-30(36)22-35-34(2,3)21-24-13-14-25-9-5-6-10-26(25)17-24/h5-17,19-20,30,35-36H,4,18,21-23H2,1-3H3/t30-/m1/s1. The largest absolute Gasteiger partial charge is 0.491 e. The van der Waals surface area contributed by atoms with Crippen molar-refractivity contribution in [3.8, 4) is 5.75 Å². The molecule has 0 radical (unpaired) electrons. The number of nitrogens with one attached hydrogen (secondary N) is 1. The number of aliphatic hydroxyl groups is 1. The second kappa shape index (κ2) is 11.8. The van der Waals surface area contributed by atoms with Crippen LogP contribution in [-0.2, 0) is 12.8 Å². The molecule has 1 aliphatic carbocycles. The van der Waals surface area contributed by atoms with Crippen molar-refractivity contribution in [2.45, 2.75) is 45.3 Å². The summed E-state index contributed by atoms with van der Waals surface area (Å²) < 4.78 is 6.05. The van der Waals surface area contributed by atoms with E-state index in [1.54, 1.807) is 0 Å². The van der Waals surface area contributed by atoms with Crippen molar-refractivity contribution in [2.24, 2.45) is 0 Å². The summed E-state index contributed by atoms with van der Waals surface area (Å²) >= 11 is 1.89. The topological polar surface area (TPSA) is 41.5 Å². The molecule has 0 saturated carbocycles. The van der Waals surface area contributed by atoms with E-state index in [1.807, 2.05) is 17.8 Å². The zero-order valence-electron chi connectivity index (χ0n) is 22.5. The first-order valence-electron chi connectivity index (χ1n) is 13.5. The van der Waals surface area contributed by atoms with Crippen molar-refractivity contribution in [2.75, 3.05) is 18.9 Å². The Morgan fingerprint density at radius 2 is 1.71 bits per heavy atom. The zero-order chi connectivity index (χ0) is 26.5. The van der Waals surface area contributed by atoms with Crippen LogP contribution in [0.4, 0.5) is 0 Å². The second-order valence-electron chi connectivity index (χ2n) is 10.7. The molecule has 3 nitrogen and oxygen atoms in total. The summed E-state index contributed by atoms with van der Waals surface area (Å²) in [6.45, 7) is 7.28. The number of fused-ring (bicyclic) bond motifs is 3. The van der Waals surface area contributed by atoms with E-state index in [9.17, 15) is 5.11 Å². The van der Waals surface area contributed by atoms with Crippen LogP contribution in [0.2, 0.25) is 0 Å². The van der Waals surface area contributed by atoms with Crippen molar-refractivity contribution < 1.29 is 9.84 Å². The fourth-order valence-electron chi connectivity index (χ4n) is 5.15. The molecule has 4 heteroatoms. The normalized spacial score (nSPS) is 13.8. The highest BCUT2D eigenvalue weighted by Gasteiger charge is 2.20. The summed E-state index contributed by atoms with van der Waals surface area (Å²) in [5.41, 5.74) is 6.29. The van der Waals surface area contributed by atoms with Crippen LogP contribution in [0.1, 0.15) is 48.6 Å². The first-order chi connectivity index (χ1) is 18.4. The molecule has 4 aromatic rings. The summed E-state index contributed by atoms with van der Waals surface area (Å²) in [5, 5.41) is 16.7. The highest BCUT2D eigenvalue weighted by atomic mass is 32.2. The maximum atomic E-state index is 10.7. The van der Waals surface area contributed by atoms with Gasteiger partial charge in [-0.2, -0.15) is 0 Å². The van der Waals surface area contributed by atoms with Crippen LogP contribution in [0, 0.1) is 0 Å². The molecule has 196 valence electrons. The van der Waals surface area contributed by atoms with E-state index in [0.717, 1.165) is 24.3 Å². The smallest absolute Gasteiger partial charge is 0.119 e. The molecule has 1 aliphatic rings. The van der Waals surface area contributed by atoms with Crippen molar-refractivity contribution in [3.63, 3.8) is 0 Å². The van der Waals surface area contributed by atoms with Gasteiger partial charge in [0.25, 0.3) is 0 Å². The Morgan fingerprint density at radius 3 is 2.55 bits per heavy atom. The Kier molecular flexibility index (Phi) is 8.23. The number of hydrogen-bond acceptors (Lipinski definition) is 4. The van der Waals surface area contributed by atoms with Crippen molar-refractivity contribution in [1.29, 1.82) is 0 Å². The molecule has 0 unspecified atom stereocenters. The van der Waals surface area contributed by atoms with Crippen molar-refractivity contribution in [3.05, 3.63) is 113 Å². The number of thioether (sulfide) groups is 1. The Labute approximate surface area is 230 Å². The predicted molar refractivity (Wildman–Crippen MR) is 163 cm³/mol. The average Bonchev–Trinajstić information content (AvgIpc) is 3.07. The van der Waals surface area contributed by atoms with E-state index in [2.05, 4.69) is 111 Å². The van der Waals surface area contributed by atoms with Gasteiger partial charge < -0.3 is 15.2 Å². The van der Waals surface area contributed by atoms with Crippen molar-refractivity contribution >= 4 is 33.5 Å². The van der Waals surface area contributed by atoms with Crippen LogP contribution in [0.25, 0.3) is 21.8 Å². The summed E-state index contributed by atoms with van der Waals surface area (Å²) in [7, 11) is 0. The fraction of sp³-hybridized carbons (Fsp3) is 0.294. The predicted octanol–water partition coefficient (Wildman–Crippen LogP) is 7.35. The highest BCUT2D eigenvalue weighted by molar-refractivity contribution is 8.08. The van der Waals surface area contributed by atoms with Crippen LogP contribution in [-0.4, -0.2) is 35.7 Å². The summed E-state index contributed by atoms with van der Waals surface area (Å²) in [5.74, 6) is 1.84. The molecule has 2 N–H and O–H groups in total. The molecule has 0 aliphatic heterocycles. The number of aliphatic hydroxyl groups excluding tert-OH is 1. The minimum atomic E-state index is -0.599. The molecule has 0 saturated heterocycles. The van der Waals surface area contributed by atoms with E-state index in [-0.39, 0.29) is 12.1 Å². The van der Waals surface area contributed by atoms with E-state index >= 15 is 0 Å². The molecule has 0 heterocycles. The van der Waals surface area contributed by atoms with E-state index in [0.29, 0.717) is 6.54 Å². The monoisotopic (exact) mass is 523 g/mol. The molecule has 0 amide bonds. The third-order valence-electron chi connectivity index (χ3n) is 7.08. The van der Waals surface area contributed by atoms with Crippen LogP contribution in [0.5, 0.6) is 5.75 Å². The lowest BCUT2D eigenvalue weighted by molar-refractivity contribution is 0.0988. The van der Waals surface area contributed by atoms with Gasteiger partial charge in [-0.05, 0) is 89.2 Å². The highest BCUT2D eigenvalue weighted by Crippen LogP contribution is 2.37. The van der Waals surface area contributed by atoms with E-state index in [1.165, 1.54) is 43.5 Å². The molecule has 0 aromatic heterocycles. The molecular formula is C34H37NO2S. The molecule has 0 fully saturated rings. The summed E-state index contributed by atoms with van der Waals surface area (Å²) in [6.07, 6.45) is 3.46. The Hall–Kier alpha value is -3.05. The molecule has 0 spiro atoms. The molecule has 1 atom stereocenters. The van der Waals surface area contributed by atoms with Crippen molar-refractivity contribution in [1.82, 2.24) is 5.32 Å². The third kappa shape index (κ3) is 6.50. The van der Waals surface area contributed by atoms with Gasteiger partial charge in [-0.15, -0.1) is 11.8 Å². The van der Waals surface area contributed by atoms with Crippen LogP contribution >= 0.6 is 11.8 Å². The number of rotatable bonds is 10. The van der Waals surface area contributed by atoms with Gasteiger partial charge >= 0.3 is 0 Å². The van der Waals surface area contributed by atoms with Crippen LogP contribution in [0.3, 0.4) is 0 Å². The van der Waals surface area contributed by atoms with Crippen LogP contribution < -0.4 is 10.1 Å². The zero-order valence-corrected chi connectivity index (χ0v) is 23.4. The van der Waals surface area contributed by atoms with Gasteiger partial charge in [0.05, 0.1) is 0 Å². The second-order valence-corrected chi connectivity index (χ2v) is 12.0. The summed E-state index contributed by atoms with van der Waals surface area (Å²) in [6, 6.07) is 30.0. The Bertz CT molecular complexity index is 1440. The van der Waals surface area contributed by atoms with E-state index < -0.39 is 6.10 Å². The van der Waals surface area contributed by atoms with Gasteiger partial charge in [0.15, 0.2) is 0 Å². The number of β-amino-alcohol motifs (C(OH)–C–C–N with tert-alkyl or cyclic N) is 1. The number of ether oxygens (including phenoxy) is 1. The Morgan fingerprint density at radius 1 is 0.921 bits per heavy atom. The van der Waals surface area contributed by atoms with Gasteiger partial charge in [-0.3, -0.25) is 0 Å². The summed E-state index contributed by atoms with van der Waals surface area (Å²) in [4.78, 5) is 1.32. The number of hydrogen-bond donors (Lipinski definition) is 2. The molecular weight excluding hydrogens is 486 g/mol. The van der Waals surface area contributed by atoms with Gasteiger partial charge in [0.2, 0.25) is 0 Å². The fourth-order valence-corrected chi connectivity index (χ4v) is 6.02. The van der Waals surface area contributed by atoms with Gasteiger partial charge in [-0.1, -0.05) is 79.7 Å². The van der Waals surface area contributed by atoms with E-state index in [4.69, 9.17) is 4.74 Å². The van der Waals surface area contributed by atoms with Gasteiger partial charge in [0.1, 0.15) is 18.5 Å². The lowest BCUT2D eigenvalue weighted by Crippen LogP contribution is -2.46.